The number of hydrogen-bond donors (Lipinski definition) is 2. The first-order valence-electron chi connectivity index (χ1n) is 6.03. The predicted molar refractivity (Wildman–Crippen MR) is 70.3 cm³/mol. The minimum absolute atomic E-state index is 0.0879. The zero-order valence-corrected chi connectivity index (χ0v) is 10.9. The molecule has 0 saturated heterocycles. The maximum Gasteiger partial charge on any atom is 0.240 e. The summed E-state index contributed by atoms with van der Waals surface area (Å²) >= 11 is 0. The van der Waals surface area contributed by atoms with Gasteiger partial charge in [-0.15, -0.1) is 0 Å². The zero-order chi connectivity index (χ0) is 12.9. The zero-order valence-electron chi connectivity index (χ0n) is 10.9. The van der Waals surface area contributed by atoms with Crippen molar-refractivity contribution in [2.45, 2.75) is 39.3 Å². The molecule has 1 aromatic rings. The van der Waals surface area contributed by atoms with Gasteiger partial charge in [-0.2, -0.15) is 0 Å². The molecule has 3 nitrogen and oxygen atoms in total. The number of amides is 1. The molecule has 0 aliphatic carbocycles. The average Bonchev–Trinajstić information content (AvgIpc) is 2.25. The van der Waals surface area contributed by atoms with Gasteiger partial charge in [0.05, 0.1) is 5.54 Å². The van der Waals surface area contributed by atoms with Crippen LogP contribution in [0.5, 0.6) is 0 Å². The fourth-order valence-electron chi connectivity index (χ4n) is 1.92. The lowest BCUT2D eigenvalue weighted by Gasteiger charge is -2.25. The van der Waals surface area contributed by atoms with Crippen LogP contribution in [0, 0.1) is 5.92 Å². The van der Waals surface area contributed by atoms with Gasteiger partial charge >= 0.3 is 0 Å². The summed E-state index contributed by atoms with van der Waals surface area (Å²) < 4.78 is 0. The molecule has 0 radical (unpaired) electrons. The van der Waals surface area contributed by atoms with Gasteiger partial charge in [-0.05, 0) is 24.8 Å². The Kier molecular flexibility index (Phi) is 4.70. The highest BCUT2D eigenvalue weighted by molar-refractivity contribution is 5.85. The van der Waals surface area contributed by atoms with E-state index in [2.05, 4.69) is 19.2 Å². The molecule has 0 saturated carbocycles. The van der Waals surface area contributed by atoms with E-state index >= 15 is 0 Å². The topological polar surface area (TPSA) is 55.1 Å². The SMILES string of the molecule is CC(C)C[C@@](C)(N)C(=O)NCc1ccccc1. The van der Waals surface area contributed by atoms with Gasteiger partial charge in [0.15, 0.2) is 0 Å². The quantitative estimate of drug-likeness (QED) is 0.819. The first-order chi connectivity index (χ1) is 7.92. The molecule has 0 unspecified atom stereocenters. The van der Waals surface area contributed by atoms with Gasteiger partial charge < -0.3 is 11.1 Å². The summed E-state index contributed by atoms with van der Waals surface area (Å²) in [6.07, 6.45) is 0.688. The van der Waals surface area contributed by atoms with Crippen molar-refractivity contribution in [3.8, 4) is 0 Å². The van der Waals surface area contributed by atoms with Gasteiger partial charge in [-0.3, -0.25) is 4.79 Å². The van der Waals surface area contributed by atoms with Crippen LogP contribution in [0.2, 0.25) is 0 Å². The van der Waals surface area contributed by atoms with Crippen molar-refractivity contribution in [1.82, 2.24) is 5.32 Å². The third-order valence-electron chi connectivity index (χ3n) is 2.65. The summed E-state index contributed by atoms with van der Waals surface area (Å²) in [6, 6.07) is 9.83. The average molecular weight is 234 g/mol. The standard InChI is InChI=1S/C14H22N2O/c1-11(2)9-14(3,15)13(17)16-10-12-7-5-4-6-8-12/h4-8,11H,9-10,15H2,1-3H3,(H,16,17)/t14-/m1/s1. The van der Waals surface area contributed by atoms with Crippen LogP contribution in [-0.2, 0) is 11.3 Å². The molecule has 3 N–H and O–H groups in total. The molecule has 1 aromatic carbocycles. The molecule has 17 heavy (non-hydrogen) atoms. The maximum absolute atomic E-state index is 11.9. The Labute approximate surface area is 103 Å². The monoisotopic (exact) mass is 234 g/mol. The van der Waals surface area contributed by atoms with Crippen molar-refractivity contribution in [1.29, 1.82) is 0 Å². The second-order valence-corrected chi connectivity index (χ2v) is 5.18. The third-order valence-corrected chi connectivity index (χ3v) is 2.65. The van der Waals surface area contributed by atoms with E-state index < -0.39 is 5.54 Å². The fourth-order valence-corrected chi connectivity index (χ4v) is 1.92. The molecule has 94 valence electrons. The van der Waals surface area contributed by atoms with Gasteiger partial charge in [0.2, 0.25) is 5.91 Å². The summed E-state index contributed by atoms with van der Waals surface area (Å²) in [5.41, 5.74) is 6.31. The normalized spacial score (nSPS) is 14.4. The Bertz CT molecular complexity index is 358. The minimum atomic E-state index is -0.789. The number of rotatable bonds is 5. The van der Waals surface area contributed by atoms with Gasteiger partial charge in [0.25, 0.3) is 0 Å². The van der Waals surface area contributed by atoms with Gasteiger partial charge in [-0.25, -0.2) is 0 Å². The number of carbonyl (C=O) groups is 1. The van der Waals surface area contributed by atoms with Gasteiger partial charge in [-0.1, -0.05) is 44.2 Å². The number of nitrogens with two attached hydrogens (primary N) is 1. The van der Waals surface area contributed by atoms with E-state index in [0.717, 1.165) is 5.56 Å². The molecule has 0 aromatic heterocycles. The van der Waals surface area contributed by atoms with E-state index in [0.29, 0.717) is 18.9 Å². The minimum Gasteiger partial charge on any atom is -0.350 e. The van der Waals surface area contributed by atoms with Crippen molar-refractivity contribution >= 4 is 5.91 Å². The van der Waals surface area contributed by atoms with Crippen molar-refractivity contribution < 1.29 is 4.79 Å². The summed E-state index contributed by atoms with van der Waals surface area (Å²) in [4.78, 5) is 11.9. The lowest BCUT2D eigenvalue weighted by atomic mass is 9.91. The van der Waals surface area contributed by atoms with Crippen LogP contribution in [0.4, 0.5) is 0 Å². The van der Waals surface area contributed by atoms with Crippen LogP contribution < -0.4 is 11.1 Å². The van der Waals surface area contributed by atoms with E-state index in [1.54, 1.807) is 6.92 Å². The molecule has 0 fully saturated rings. The predicted octanol–water partition coefficient (Wildman–Crippen LogP) is 2.07. The maximum atomic E-state index is 11.9. The Morgan fingerprint density at radius 1 is 1.35 bits per heavy atom. The second kappa shape index (κ2) is 5.82. The van der Waals surface area contributed by atoms with E-state index in [1.807, 2.05) is 30.3 Å². The third kappa shape index (κ3) is 4.57. The summed E-state index contributed by atoms with van der Waals surface area (Å²) in [5.74, 6) is 0.322. The highest BCUT2D eigenvalue weighted by atomic mass is 16.2. The van der Waals surface area contributed by atoms with Gasteiger partial charge in [0.1, 0.15) is 0 Å². The van der Waals surface area contributed by atoms with E-state index in [1.165, 1.54) is 0 Å². The first kappa shape index (κ1) is 13.7. The molecule has 1 rings (SSSR count). The first-order valence-corrected chi connectivity index (χ1v) is 6.03. The number of carbonyl (C=O) groups excluding carboxylic acids is 1. The van der Waals surface area contributed by atoms with Crippen molar-refractivity contribution in [2.75, 3.05) is 0 Å². The molecule has 0 spiro atoms. The number of benzene rings is 1. The number of nitrogens with one attached hydrogen (secondary N) is 1. The molecule has 3 heteroatoms. The lowest BCUT2D eigenvalue weighted by Crippen LogP contribution is -2.52. The Balaban J connectivity index is 2.49. The van der Waals surface area contributed by atoms with Gasteiger partial charge in [0, 0.05) is 6.54 Å². The van der Waals surface area contributed by atoms with Crippen LogP contribution in [0.15, 0.2) is 30.3 Å². The molecular weight excluding hydrogens is 212 g/mol. The summed E-state index contributed by atoms with van der Waals surface area (Å²) in [7, 11) is 0. The van der Waals surface area contributed by atoms with Crippen molar-refractivity contribution in [3.63, 3.8) is 0 Å². The smallest absolute Gasteiger partial charge is 0.240 e. The van der Waals surface area contributed by atoms with Crippen LogP contribution in [-0.4, -0.2) is 11.4 Å². The molecule has 0 bridgehead atoms. The van der Waals surface area contributed by atoms with E-state index in [-0.39, 0.29) is 5.91 Å². The summed E-state index contributed by atoms with van der Waals surface area (Å²) in [6.45, 7) is 6.45. The fraction of sp³-hybridized carbons (Fsp3) is 0.500. The highest BCUT2D eigenvalue weighted by Crippen LogP contribution is 2.13. The van der Waals surface area contributed by atoms with Crippen LogP contribution in [0.3, 0.4) is 0 Å². The molecule has 0 aliphatic rings. The largest absolute Gasteiger partial charge is 0.350 e. The second-order valence-electron chi connectivity index (χ2n) is 5.18. The lowest BCUT2D eigenvalue weighted by molar-refractivity contribution is -0.126. The van der Waals surface area contributed by atoms with Crippen LogP contribution in [0.25, 0.3) is 0 Å². The highest BCUT2D eigenvalue weighted by Gasteiger charge is 2.28. The Morgan fingerprint density at radius 2 is 1.94 bits per heavy atom. The van der Waals surface area contributed by atoms with Crippen molar-refractivity contribution in [2.24, 2.45) is 11.7 Å². The number of hydrogen-bond acceptors (Lipinski definition) is 2. The Hall–Kier alpha value is -1.35. The van der Waals surface area contributed by atoms with Crippen molar-refractivity contribution in [3.05, 3.63) is 35.9 Å². The Morgan fingerprint density at radius 3 is 2.47 bits per heavy atom. The molecular formula is C14H22N2O. The molecule has 1 amide bonds. The molecule has 0 aliphatic heterocycles. The van der Waals surface area contributed by atoms with Crippen LogP contribution >= 0.6 is 0 Å². The van der Waals surface area contributed by atoms with Crippen LogP contribution in [0.1, 0.15) is 32.8 Å². The summed E-state index contributed by atoms with van der Waals surface area (Å²) in [5, 5.41) is 2.88. The molecule has 0 heterocycles. The van der Waals surface area contributed by atoms with E-state index in [9.17, 15) is 4.79 Å². The molecule has 1 atom stereocenters. The van der Waals surface area contributed by atoms with E-state index in [4.69, 9.17) is 5.73 Å².